The van der Waals surface area contributed by atoms with E-state index >= 15 is 0 Å². The van der Waals surface area contributed by atoms with Crippen molar-refractivity contribution in [1.82, 2.24) is 0 Å². The first-order valence-corrected chi connectivity index (χ1v) is 17.2. The van der Waals surface area contributed by atoms with Crippen molar-refractivity contribution in [2.24, 2.45) is 0 Å². The molecule has 0 bridgehead atoms. The van der Waals surface area contributed by atoms with Gasteiger partial charge in [0.15, 0.2) is 0 Å². The standard InChI is InChI=1S/C10H10.7C6H6/c1-2-5-9-7-4-8-10(9)6-3-1;7*1-6-4-2-3-5-6/h1-3,5-7H,4,8H2;7*2-5H,1H2. The van der Waals surface area contributed by atoms with Crippen molar-refractivity contribution in [2.45, 2.75) is 12.8 Å². The fourth-order valence-electron chi connectivity index (χ4n) is 4.31. The third kappa shape index (κ3) is 21.5. The summed E-state index contributed by atoms with van der Waals surface area (Å²) in [5.74, 6) is 0. The van der Waals surface area contributed by atoms with E-state index in [0.717, 1.165) is 39.0 Å². The minimum absolute atomic E-state index is 1.09. The molecule has 9 rings (SSSR count). The van der Waals surface area contributed by atoms with Gasteiger partial charge in [0, 0.05) is 0 Å². The molecule has 0 N–H and O–H groups in total. The second kappa shape index (κ2) is 26.4. The molecule has 0 atom stereocenters. The molecule has 0 aromatic rings. The maximum atomic E-state index is 3.68. The lowest BCUT2D eigenvalue weighted by Crippen LogP contribution is -1.75. The van der Waals surface area contributed by atoms with Gasteiger partial charge in [0.05, 0.1) is 0 Å². The van der Waals surface area contributed by atoms with Crippen LogP contribution >= 0.6 is 0 Å². The number of allylic oxidation sites excluding steroid dienone is 43. The molecular weight excluding hydrogens is 625 g/mol. The lowest BCUT2D eigenvalue weighted by Gasteiger charge is -1.94. The largest absolute Gasteiger partial charge is 0.0918 e. The van der Waals surface area contributed by atoms with E-state index in [2.05, 4.69) is 82.5 Å². The van der Waals surface area contributed by atoms with Crippen LogP contribution in [-0.2, 0) is 0 Å². The summed E-state index contributed by atoms with van der Waals surface area (Å²) in [6.45, 7) is 25.8. The summed E-state index contributed by atoms with van der Waals surface area (Å²) < 4.78 is 0. The Hall–Kier alpha value is -6.50. The Morgan fingerprint density at radius 1 is 0.269 bits per heavy atom. The van der Waals surface area contributed by atoms with Crippen molar-refractivity contribution >= 4 is 0 Å². The molecule has 0 saturated heterocycles. The van der Waals surface area contributed by atoms with Crippen molar-refractivity contribution in [3.63, 3.8) is 0 Å². The van der Waals surface area contributed by atoms with Crippen LogP contribution in [0.15, 0.2) is 303 Å². The van der Waals surface area contributed by atoms with Crippen LogP contribution < -0.4 is 0 Å². The fraction of sp³-hybridized carbons (Fsp3) is 0.0385. The highest BCUT2D eigenvalue weighted by atomic mass is 14.1. The number of hydrogen-bond acceptors (Lipinski definition) is 0. The highest BCUT2D eigenvalue weighted by Crippen LogP contribution is 2.26. The van der Waals surface area contributed by atoms with Gasteiger partial charge in [-0.3, -0.25) is 0 Å². The molecule has 0 saturated carbocycles. The molecular formula is C52H52. The van der Waals surface area contributed by atoms with Gasteiger partial charge in [0.1, 0.15) is 0 Å². The first kappa shape index (κ1) is 41.7. The van der Waals surface area contributed by atoms with E-state index in [0.29, 0.717) is 0 Å². The Bertz CT molecular complexity index is 1480. The van der Waals surface area contributed by atoms with E-state index in [-0.39, 0.29) is 0 Å². The van der Waals surface area contributed by atoms with Gasteiger partial charge in [0.2, 0.25) is 0 Å². The van der Waals surface area contributed by atoms with E-state index < -0.39 is 0 Å². The summed E-state index contributed by atoms with van der Waals surface area (Å²) in [6, 6.07) is 0. The monoisotopic (exact) mass is 676 g/mol. The van der Waals surface area contributed by atoms with E-state index in [1.54, 1.807) is 0 Å². The summed E-state index contributed by atoms with van der Waals surface area (Å²) in [5, 5.41) is 0. The number of fused-ring (bicyclic) bond motifs is 1. The molecule has 0 aromatic carbocycles. The highest BCUT2D eigenvalue weighted by Gasteiger charge is 2.07. The van der Waals surface area contributed by atoms with Crippen LogP contribution in [0.2, 0.25) is 0 Å². The van der Waals surface area contributed by atoms with Gasteiger partial charge in [-0.25, -0.2) is 0 Å². The van der Waals surface area contributed by atoms with Crippen molar-refractivity contribution in [3.8, 4) is 0 Å². The van der Waals surface area contributed by atoms with Crippen molar-refractivity contribution in [3.05, 3.63) is 303 Å². The Morgan fingerprint density at radius 2 is 0.500 bits per heavy atom. The number of hydrogen-bond donors (Lipinski definition) is 0. The van der Waals surface area contributed by atoms with Crippen LogP contribution in [0, 0.1) is 0 Å². The lowest BCUT2D eigenvalue weighted by molar-refractivity contribution is 1.06. The van der Waals surface area contributed by atoms with Gasteiger partial charge in [-0.1, -0.05) is 253 Å². The average Bonchev–Trinajstić information content (AvgIpc) is 3.96. The first-order chi connectivity index (χ1) is 25.2. The van der Waals surface area contributed by atoms with E-state index in [1.807, 2.05) is 170 Å². The maximum absolute atomic E-state index is 3.68. The molecule has 0 aliphatic heterocycles. The van der Waals surface area contributed by atoms with Gasteiger partial charge in [-0.15, -0.1) is 0 Å². The SMILES string of the molecule is C1=CC=C2CCC=C2C=C1.C=C1C=CC=C1.C=C1C=CC=C1.C=C1C=CC=C1.C=C1C=CC=C1.C=C1C=CC=C1.C=C1C=CC=C1.C=C1C=CC=C1. The summed E-state index contributed by atoms with van der Waals surface area (Å²) in [6.07, 6.45) is 70.7. The zero-order valence-electron chi connectivity index (χ0n) is 30.5. The zero-order chi connectivity index (χ0) is 37.7. The Kier molecular flexibility index (Phi) is 21.1. The van der Waals surface area contributed by atoms with Crippen LogP contribution in [0.1, 0.15) is 12.8 Å². The molecule has 0 unspecified atom stereocenters. The smallest absolute Gasteiger partial charge is 0.0238 e. The Balaban J connectivity index is 0.000000208. The quantitative estimate of drug-likeness (QED) is 0.240. The molecule has 9 aliphatic carbocycles. The summed E-state index contributed by atoms with van der Waals surface area (Å²) >= 11 is 0. The van der Waals surface area contributed by atoms with Gasteiger partial charge in [-0.2, -0.15) is 0 Å². The number of rotatable bonds is 0. The molecule has 0 spiro atoms. The zero-order valence-corrected chi connectivity index (χ0v) is 30.5. The van der Waals surface area contributed by atoms with Crippen molar-refractivity contribution in [2.75, 3.05) is 0 Å². The summed E-state index contributed by atoms with van der Waals surface area (Å²) in [5.41, 5.74) is 10.6. The predicted molar refractivity (Wildman–Crippen MR) is 236 cm³/mol. The maximum Gasteiger partial charge on any atom is -0.0238 e. The van der Waals surface area contributed by atoms with Gasteiger partial charge >= 0.3 is 0 Å². The minimum Gasteiger partial charge on any atom is -0.0918 e. The topological polar surface area (TPSA) is 0 Å². The van der Waals surface area contributed by atoms with Crippen LogP contribution in [-0.4, -0.2) is 0 Å². The van der Waals surface area contributed by atoms with Crippen LogP contribution in [0.25, 0.3) is 0 Å². The minimum atomic E-state index is 1.09. The van der Waals surface area contributed by atoms with Crippen LogP contribution in [0.5, 0.6) is 0 Å². The van der Waals surface area contributed by atoms with E-state index in [1.165, 1.54) is 24.0 Å². The summed E-state index contributed by atoms with van der Waals surface area (Å²) in [4.78, 5) is 0. The van der Waals surface area contributed by atoms with E-state index in [4.69, 9.17) is 0 Å². The van der Waals surface area contributed by atoms with Crippen molar-refractivity contribution < 1.29 is 0 Å². The molecule has 0 radical (unpaired) electrons. The van der Waals surface area contributed by atoms with Crippen LogP contribution in [0.4, 0.5) is 0 Å². The Morgan fingerprint density at radius 3 is 0.712 bits per heavy atom. The molecule has 260 valence electrons. The third-order valence-corrected chi connectivity index (χ3v) is 7.07. The molecule has 0 amide bonds. The van der Waals surface area contributed by atoms with Gasteiger partial charge in [-0.05, 0) is 63.0 Å². The highest BCUT2D eigenvalue weighted by molar-refractivity contribution is 5.48. The molecule has 9 aliphatic rings. The summed E-state index contributed by atoms with van der Waals surface area (Å²) in [7, 11) is 0. The third-order valence-electron chi connectivity index (χ3n) is 7.07. The second-order valence-corrected chi connectivity index (χ2v) is 11.7. The molecule has 0 heterocycles. The van der Waals surface area contributed by atoms with Crippen molar-refractivity contribution in [1.29, 1.82) is 0 Å². The molecule has 0 fully saturated rings. The molecule has 0 nitrogen and oxygen atoms in total. The first-order valence-electron chi connectivity index (χ1n) is 17.2. The van der Waals surface area contributed by atoms with Crippen LogP contribution in [0.3, 0.4) is 0 Å². The average molecular weight is 677 g/mol. The van der Waals surface area contributed by atoms with Gasteiger partial charge in [0.25, 0.3) is 0 Å². The predicted octanol–water partition coefficient (Wildman–Crippen LogP) is 14.4. The van der Waals surface area contributed by atoms with Gasteiger partial charge < -0.3 is 0 Å². The molecule has 0 heteroatoms. The Labute approximate surface area is 314 Å². The van der Waals surface area contributed by atoms with E-state index in [9.17, 15) is 0 Å². The molecule has 0 aromatic heterocycles. The lowest BCUT2D eigenvalue weighted by atomic mass is 10.1. The second-order valence-electron chi connectivity index (χ2n) is 11.7. The normalized spacial score (nSPS) is 17.9. The fourth-order valence-corrected chi connectivity index (χ4v) is 4.31. The molecule has 52 heavy (non-hydrogen) atoms.